The van der Waals surface area contributed by atoms with Gasteiger partial charge in [-0.1, -0.05) is 75.4 Å². The first-order valence-electron chi connectivity index (χ1n) is 16.1. The van der Waals surface area contributed by atoms with Crippen LogP contribution in [0.2, 0.25) is 18.1 Å². The lowest BCUT2D eigenvalue weighted by atomic mass is 10.1. The Labute approximate surface area is 273 Å². The second-order valence-electron chi connectivity index (χ2n) is 11.5. The molecule has 1 atom stereocenters. The number of fused-ring (bicyclic) bond motifs is 3. The highest BCUT2D eigenvalue weighted by Gasteiger charge is 2.33. The summed E-state index contributed by atoms with van der Waals surface area (Å²) in [5, 5.41) is 5.88. The van der Waals surface area contributed by atoms with E-state index in [0.29, 0.717) is 25.4 Å². The molecule has 0 aliphatic heterocycles. The van der Waals surface area contributed by atoms with Gasteiger partial charge in [-0.05, 0) is 66.6 Å². The minimum absolute atomic E-state index is 0.101. The minimum Gasteiger partial charge on any atom is -0.492 e. The fourth-order valence-corrected chi connectivity index (χ4v) is 9.55. The SMILES string of the molecule is CC[Si](CC)(CC)O[C@@H](CNCCOc1ccc2c(c1)[nH]c1ccccc12)c1ccc(OCc2ccccc2)c(S(=O)(=O)NC)c1. The van der Waals surface area contributed by atoms with Crippen LogP contribution >= 0.6 is 0 Å². The number of aromatic amines is 1. The molecule has 1 aromatic heterocycles. The highest BCUT2D eigenvalue weighted by Crippen LogP contribution is 2.34. The molecule has 0 radical (unpaired) electrons. The summed E-state index contributed by atoms with van der Waals surface area (Å²) in [4.78, 5) is 3.57. The van der Waals surface area contributed by atoms with Crippen molar-refractivity contribution in [2.75, 3.05) is 26.7 Å². The summed E-state index contributed by atoms with van der Waals surface area (Å²) >= 11 is 0. The maximum Gasteiger partial charge on any atom is 0.244 e. The number of ether oxygens (including phenoxy) is 2. The number of aromatic nitrogens is 1. The highest BCUT2D eigenvalue weighted by molar-refractivity contribution is 7.89. The summed E-state index contributed by atoms with van der Waals surface area (Å²) in [7, 11) is -4.42. The molecule has 5 rings (SSSR count). The van der Waals surface area contributed by atoms with Gasteiger partial charge in [0, 0.05) is 35.4 Å². The molecule has 0 spiro atoms. The normalized spacial score (nSPS) is 12.9. The van der Waals surface area contributed by atoms with Crippen molar-refractivity contribution in [2.45, 2.75) is 56.5 Å². The van der Waals surface area contributed by atoms with Gasteiger partial charge in [-0.2, -0.15) is 0 Å². The standard InChI is InChI=1S/C36H45N3O5SSi/c1-5-46(6-2,7-3)44-35(25-38-21-22-42-29-18-19-31-30-15-11-12-16-32(30)39-33(31)24-29)28-17-20-34(36(23-28)45(40,41)37-4)43-26-27-13-9-8-10-14-27/h8-20,23-24,35,37-39H,5-7,21-22,25-26H2,1-4H3/t35-/m0/s1. The molecule has 0 aliphatic carbocycles. The van der Waals surface area contributed by atoms with E-state index in [1.165, 1.54) is 17.8 Å². The number of rotatable bonds is 17. The largest absolute Gasteiger partial charge is 0.492 e. The Kier molecular flexibility index (Phi) is 11.2. The predicted molar refractivity (Wildman–Crippen MR) is 189 cm³/mol. The van der Waals surface area contributed by atoms with Gasteiger partial charge in [-0.3, -0.25) is 0 Å². The van der Waals surface area contributed by atoms with Gasteiger partial charge in [0.2, 0.25) is 10.0 Å². The Bertz CT molecular complexity index is 1830. The van der Waals surface area contributed by atoms with Gasteiger partial charge in [0.25, 0.3) is 0 Å². The van der Waals surface area contributed by atoms with E-state index >= 15 is 0 Å². The number of hydrogen-bond acceptors (Lipinski definition) is 6. The maximum absolute atomic E-state index is 13.2. The molecule has 0 amide bonds. The van der Waals surface area contributed by atoms with Crippen molar-refractivity contribution in [3.05, 3.63) is 102 Å². The quantitative estimate of drug-likeness (QED) is 0.0705. The van der Waals surface area contributed by atoms with Gasteiger partial charge >= 0.3 is 0 Å². The molecule has 1 heterocycles. The molecule has 0 bridgehead atoms. The fraction of sp³-hybridized carbons (Fsp3) is 0.333. The lowest BCUT2D eigenvalue weighted by molar-refractivity contribution is 0.182. The molecule has 8 nitrogen and oxygen atoms in total. The zero-order valence-corrected chi connectivity index (χ0v) is 29.0. The second kappa shape index (κ2) is 15.3. The maximum atomic E-state index is 13.2. The Morgan fingerprint density at radius 3 is 2.26 bits per heavy atom. The van der Waals surface area contributed by atoms with Crippen LogP contribution in [0.5, 0.6) is 11.5 Å². The zero-order chi connectivity index (χ0) is 32.6. The third-order valence-corrected chi connectivity index (χ3v) is 14.9. The lowest BCUT2D eigenvalue weighted by Crippen LogP contribution is -2.40. The smallest absolute Gasteiger partial charge is 0.244 e. The van der Waals surface area contributed by atoms with Gasteiger partial charge in [0.1, 0.15) is 29.6 Å². The molecule has 4 aromatic carbocycles. The van der Waals surface area contributed by atoms with Crippen molar-refractivity contribution in [1.82, 2.24) is 15.0 Å². The molecule has 0 fully saturated rings. The summed E-state index contributed by atoms with van der Waals surface area (Å²) in [6, 6.07) is 32.4. The van der Waals surface area contributed by atoms with Gasteiger partial charge in [0.15, 0.2) is 8.32 Å². The molecule has 0 saturated carbocycles. The number of para-hydroxylation sites is 1. The van der Waals surface area contributed by atoms with Gasteiger partial charge in [-0.15, -0.1) is 0 Å². The van der Waals surface area contributed by atoms with Crippen LogP contribution in [0.1, 0.15) is 38.0 Å². The monoisotopic (exact) mass is 659 g/mol. The van der Waals surface area contributed by atoms with E-state index in [1.807, 2.05) is 60.7 Å². The molecule has 46 heavy (non-hydrogen) atoms. The van der Waals surface area contributed by atoms with Crippen LogP contribution in [0.3, 0.4) is 0 Å². The van der Waals surface area contributed by atoms with E-state index in [0.717, 1.165) is 46.0 Å². The zero-order valence-electron chi connectivity index (χ0n) is 27.1. The molecule has 5 aromatic rings. The van der Waals surface area contributed by atoms with Crippen molar-refractivity contribution >= 4 is 40.1 Å². The van der Waals surface area contributed by atoms with Crippen molar-refractivity contribution < 1.29 is 22.3 Å². The van der Waals surface area contributed by atoms with E-state index < -0.39 is 18.3 Å². The van der Waals surface area contributed by atoms with Crippen LogP contribution in [0, 0.1) is 0 Å². The Hall–Kier alpha value is -3.67. The summed E-state index contributed by atoms with van der Waals surface area (Å²) in [6.45, 7) is 8.43. The number of H-pyrrole nitrogens is 1. The summed E-state index contributed by atoms with van der Waals surface area (Å²) < 4.78 is 47.9. The first kappa shape index (κ1) is 33.7. The predicted octanol–water partition coefficient (Wildman–Crippen LogP) is 7.54. The van der Waals surface area contributed by atoms with Gasteiger partial charge in [-0.25, -0.2) is 13.1 Å². The molecule has 0 aliphatic rings. The first-order valence-corrected chi connectivity index (χ1v) is 20.1. The van der Waals surface area contributed by atoms with Crippen molar-refractivity contribution in [2.24, 2.45) is 0 Å². The molecule has 0 unspecified atom stereocenters. The van der Waals surface area contributed by atoms with E-state index in [9.17, 15) is 8.42 Å². The van der Waals surface area contributed by atoms with Crippen LogP contribution in [-0.4, -0.2) is 48.5 Å². The lowest BCUT2D eigenvalue weighted by Gasteiger charge is -2.34. The third kappa shape index (κ3) is 7.82. The molecule has 10 heteroatoms. The van der Waals surface area contributed by atoms with E-state index in [4.69, 9.17) is 13.9 Å². The summed E-state index contributed by atoms with van der Waals surface area (Å²) in [5.74, 6) is 1.11. The van der Waals surface area contributed by atoms with Crippen molar-refractivity contribution in [1.29, 1.82) is 0 Å². The summed E-state index contributed by atoms with van der Waals surface area (Å²) in [6.07, 6.45) is -0.330. The van der Waals surface area contributed by atoms with Crippen LogP contribution in [0.25, 0.3) is 21.8 Å². The van der Waals surface area contributed by atoms with Crippen LogP contribution in [-0.2, 0) is 21.1 Å². The number of hydrogen-bond donors (Lipinski definition) is 3. The topological polar surface area (TPSA) is 102 Å². The third-order valence-electron chi connectivity index (χ3n) is 8.82. The minimum atomic E-state index is -3.80. The number of nitrogens with one attached hydrogen (secondary N) is 3. The number of sulfonamides is 1. The van der Waals surface area contributed by atoms with Crippen LogP contribution in [0.4, 0.5) is 0 Å². The average Bonchev–Trinajstić information content (AvgIpc) is 3.47. The number of benzene rings is 4. The fourth-order valence-electron chi connectivity index (χ4n) is 5.83. The average molecular weight is 660 g/mol. The summed E-state index contributed by atoms with van der Waals surface area (Å²) in [5.41, 5.74) is 3.90. The molecule has 0 saturated heterocycles. The van der Waals surface area contributed by atoms with Crippen LogP contribution in [0.15, 0.2) is 95.9 Å². The molecule has 244 valence electrons. The van der Waals surface area contributed by atoms with Gasteiger partial charge < -0.3 is 24.2 Å². The Balaban J connectivity index is 1.30. The second-order valence-corrected chi connectivity index (χ2v) is 18.0. The van der Waals surface area contributed by atoms with E-state index in [-0.39, 0.29) is 17.6 Å². The molecule has 3 N–H and O–H groups in total. The molecular formula is C36H45N3O5SSi. The Morgan fingerprint density at radius 1 is 0.804 bits per heavy atom. The first-order chi connectivity index (χ1) is 22.3. The van der Waals surface area contributed by atoms with Crippen LogP contribution < -0.4 is 19.5 Å². The molecular weight excluding hydrogens is 615 g/mol. The highest BCUT2D eigenvalue weighted by atomic mass is 32.2. The Morgan fingerprint density at radius 2 is 1.52 bits per heavy atom. The van der Waals surface area contributed by atoms with Gasteiger partial charge in [0.05, 0.1) is 11.6 Å². The van der Waals surface area contributed by atoms with Crippen molar-refractivity contribution in [3.63, 3.8) is 0 Å². The van der Waals surface area contributed by atoms with Crippen molar-refractivity contribution in [3.8, 4) is 11.5 Å². The van der Waals surface area contributed by atoms with E-state index in [2.05, 4.69) is 54.0 Å². The van der Waals surface area contributed by atoms with E-state index in [1.54, 1.807) is 12.1 Å².